The fourth-order valence-electron chi connectivity index (χ4n) is 4.10. The molecule has 1 saturated carbocycles. The van der Waals surface area contributed by atoms with Gasteiger partial charge < -0.3 is 9.80 Å². The lowest BCUT2D eigenvalue weighted by atomic mass is 10.0. The van der Waals surface area contributed by atoms with Gasteiger partial charge in [-0.05, 0) is 43.2 Å². The van der Waals surface area contributed by atoms with Crippen molar-refractivity contribution in [3.05, 3.63) is 64.9 Å². The summed E-state index contributed by atoms with van der Waals surface area (Å²) in [6.45, 7) is 1.85. The Bertz CT molecular complexity index is 873. The summed E-state index contributed by atoms with van der Waals surface area (Å²) in [6.07, 6.45) is 3.48. The summed E-state index contributed by atoms with van der Waals surface area (Å²) < 4.78 is 0. The molecule has 0 N–H and O–H groups in total. The highest BCUT2D eigenvalue weighted by molar-refractivity contribution is 6.30. The standard InChI is InChI=1S/C21H22ClN3O2/c1-24(13-17-7-2-3-9-23-17)20(27)18-12-21(18)8-10-25(14-21)19(26)15-5-4-6-16(22)11-15/h2-7,9,11,18H,8,10,12-14H2,1H3/t18-,21+/m1/s1. The maximum absolute atomic E-state index is 12.8. The number of benzene rings is 1. The Hall–Kier alpha value is -2.40. The third kappa shape index (κ3) is 3.56. The number of carbonyl (C=O) groups is 2. The molecule has 2 atom stereocenters. The molecule has 2 aromatic rings. The number of amides is 2. The van der Waals surface area contributed by atoms with Crippen LogP contribution in [0.1, 0.15) is 28.9 Å². The highest BCUT2D eigenvalue weighted by Crippen LogP contribution is 2.59. The number of nitrogens with zero attached hydrogens (tertiary/aromatic N) is 3. The first kappa shape index (κ1) is 18.0. The van der Waals surface area contributed by atoms with E-state index in [2.05, 4.69) is 4.98 Å². The van der Waals surface area contributed by atoms with Crippen LogP contribution in [0.15, 0.2) is 48.7 Å². The quantitative estimate of drug-likeness (QED) is 0.814. The van der Waals surface area contributed by atoms with Gasteiger partial charge in [0.1, 0.15) is 0 Å². The number of hydrogen-bond donors (Lipinski definition) is 0. The maximum atomic E-state index is 12.8. The molecule has 1 aromatic carbocycles. The Morgan fingerprint density at radius 1 is 1.30 bits per heavy atom. The molecule has 1 aliphatic heterocycles. The lowest BCUT2D eigenvalue weighted by Crippen LogP contribution is -2.32. The third-order valence-electron chi connectivity index (χ3n) is 5.73. The highest BCUT2D eigenvalue weighted by atomic mass is 35.5. The monoisotopic (exact) mass is 383 g/mol. The fraction of sp³-hybridized carbons (Fsp3) is 0.381. The predicted molar refractivity (Wildman–Crippen MR) is 103 cm³/mol. The fourth-order valence-corrected chi connectivity index (χ4v) is 4.29. The molecule has 4 rings (SSSR count). The molecule has 5 nitrogen and oxygen atoms in total. The van der Waals surface area contributed by atoms with Gasteiger partial charge >= 0.3 is 0 Å². The number of carbonyl (C=O) groups excluding carboxylic acids is 2. The average Bonchev–Trinajstić information content (AvgIpc) is 3.20. The van der Waals surface area contributed by atoms with Crippen molar-refractivity contribution in [2.45, 2.75) is 19.4 Å². The molecule has 2 aliphatic rings. The molecule has 2 amide bonds. The normalized spacial score (nSPS) is 23.5. The predicted octanol–water partition coefficient (Wildman–Crippen LogP) is 3.25. The minimum atomic E-state index is -0.0519. The van der Waals surface area contributed by atoms with Gasteiger partial charge in [0.2, 0.25) is 5.91 Å². The highest BCUT2D eigenvalue weighted by Gasteiger charge is 2.61. The van der Waals surface area contributed by atoms with E-state index in [1.54, 1.807) is 35.4 Å². The second kappa shape index (κ2) is 6.97. The van der Waals surface area contributed by atoms with Crippen LogP contribution >= 0.6 is 11.6 Å². The van der Waals surface area contributed by atoms with Gasteiger partial charge in [-0.2, -0.15) is 0 Å². The molecular formula is C21H22ClN3O2. The molecule has 1 spiro atoms. The van der Waals surface area contributed by atoms with Gasteiger partial charge in [0.05, 0.1) is 12.2 Å². The van der Waals surface area contributed by atoms with Crippen molar-refractivity contribution >= 4 is 23.4 Å². The average molecular weight is 384 g/mol. The van der Waals surface area contributed by atoms with E-state index in [0.29, 0.717) is 30.2 Å². The van der Waals surface area contributed by atoms with E-state index >= 15 is 0 Å². The van der Waals surface area contributed by atoms with Gasteiger partial charge in [-0.3, -0.25) is 14.6 Å². The topological polar surface area (TPSA) is 53.5 Å². The molecule has 2 heterocycles. The molecule has 0 bridgehead atoms. The molecule has 6 heteroatoms. The first-order valence-corrected chi connectivity index (χ1v) is 9.56. The van der Waals surface area contributed by atoms with Crippen LogP contribution in [0.3, 0.4) is 0 Å². The van der Waals surface area contributed by atoms with Crippen LogP contribution in [-0.2, 0) is 11.3 Å². The van der Waals surface area contributed by atoms with Gasteiger partial charge in [-0.25, -0.2) is 0 Å². The summed E-state index contributed by atoms with van der Waals surface area (Å²) in [5.74, 6) is 0.149. The van der Waals surface area contributed by atoms with Crippen LogP contribution in [0.5, 0.6) is 0 Å². The van der Waals surface area contributed by atoms with Gasteiger partial charge in [-0.15, -0.1) is 0 Å². The Morgan fingerprint density at radius 2 is 2.15 bits per heavy atom. The summed E-state index contributed by atoms with van der Waals surface area (Å²) in [5.41, 5.74) is 1.44. The number of halogens is 1. The minimum absolute atomic E-state index is 0.00312. The largest absolute Gasteiger partial charge is 0.340 e. The second-order valence-corrected chi connectivity index (χ2v) is 8.06. The minimum Gasteiger partial charge on any atom is -0.340 e. The van der Waals surface area contributed by atoms with Crippen LogP contribution < -0.4 is 0 Å². The summed E-state index contributed by atoms with van der Waals surface area (Å²) in [7, 11) is 1.83. The molecular weight excluding hydrogens is 362 g/mol. The number of aromatic nitrogens is 1. The zero-order valence-electron chi connectivity index (χ0n) is 15.3. The van der Waals surface area contributed by atoms with E-state index in [-0.39, 0.29) is 23.1 Å². The Morgan fingerprint density at radius 3 is 2.89 bits per heavy atom. The van der Waals surface area contributed by atoms with Crippen molar-refractivity contribution in [3.8, 4) is 0 Å². The second-order valence-electron chi connectivity index (χ2n) is 7.62. The van der Waals surface area contributed by atoms with Crippen molar-refractivity contribution in [1.29, 1.82) is 0 Å². The molecule has 27 heavy (non-hydrogen) atoms. The van der Waals surface area contributed by atoms with E-state index in [1.165, 1.54) is 0 Å². The number of rotatable bonds is 4. The van der Waals surface area contributed by atoms with Crippen LogP contribution in [0.25, 0.3) is 0 Å². The molecule has 140 valence electrons. The summed E-state index contributed by atoms with van der Waals surface area (Å²) >= 11 is 6.00. The smallest absolute Gasteiger partial charge is 0.253 e. The van der Waals surface area contributed by atoms with Crippen LogP contribution in [0, 0.1) is 11.3 Å². The van der Waals surface area contributed by atoms with Gasteiger partial charge in [0.15, 0.2) is 0 Å². The van der Waals surface area contributed by atoms with E-state index in [9.17, 15) is 9.59 Å². The summed E-state index contributed by atoms with van der Waals surface area (Å²) in [5, 5.41) is 0.561. The van der Waals surface area contributed by atoms with Crippen LogP contribution in [-0.4, -0.2) is 46.7 Å². The van der Waals surface area contributed by atoms with E-state index in [1.807, 2.05) is 30.1 Å². The first-order chi connectivity index (χ1) is 13.0. The van der Waals surface area contributed by atoms with E-state index in [0.717, 1.165) is 18.5 Å². The Kier molecular flexibility index (Phi) is 4.64. The summed E-state index contributed by atoms with van der Waals surface area (Å²) in [4.78, 5) is 33.5. The van der Waals surface area contributed by atoms with Crippen LogP contribution in [0.4, 0.5) is 0 Å². The number of likely N-dealkylation sites (tertiary alicyclic amines) is 1. The molecule has 1 aliphatic carbocycles. The Balaban J connectivity index is 1.38. The number of pyridine rings is 1. The van der Waals surface area contributed by atoms with E-state index < -0.39 is 0 Å². The molecule has 0 radical (unpaired) electrons. The van der Waals surface area contributed by atoms with Crippen molar-refractivity contribution in [2.75, 3.05) is 20.1 Å². The zero-order chi connectivity index (χ0) is 19.0. The third-order valence-corrected chi connectivity index (χ3v) is 5.97. The summed E-state index contributed by atoms with van der Waals surface area (Å²) in [6, 6.07) is 12.8. The van der Waals surface area contributed by atoms with Crippen molar-refractivity contribution in [3.63, 3.8) is 0 Å². The first-order valence-electron chi connectivity index (χ1n) is 9.18. The molecule has 0 unspecified atom stereocenters. The Labute approximate surface area is 163 Å². The molecule has 1 aromatic heterocycles. The zero-order valence-corrected chi connectivity index (χ0v) is 16.0. The SMILES string of the molecule is CN(Cc1ccccn1)C(=O)[C@H]1C[C@]12CCN(C(=O)c1cccc(Cl)c1)C2. The molecule has 1 saturated heterocycles. The maximum Gasteiger partial charge on any atom is 0.253 e. The number of hydrogen-bond acceptors (Lipinski definition) is 3. The van der Waals surface area contributed by atoms with Crippen molar-refractivity contribution in [2.24, 2.45) is 11.3 Å². The van der Waals surface area contributed by atoms with Gasteiger partial charge in [0, 0.05) is 48.3 Å². The van der Waals surface area contributed by atoms with Crippen LogP contribution in [0.2, 0.25) is 5.02 Å². The van der Waals surface area contributed by atoms with E-state index in [4.69, 9.17) is 11.6 Å². The lowest BCUT2D eigenvalue weighted by molar-refractivity contribution is -0.132. The van der Waals surface area contributed by atoms with Gasteiger partial charge in [-0.1, -0.05) is 23.7 Å². The van der Waals surface area contributed by atoms with Crippen molar-refractivity contribution in [1.82, 2.24) is 14.8 Å². The van der Waals surface area contributed by atoms with Gasteiger partial charge in [0.25, 0.3) is 5.91 Å². The van der Waals surface area contributed by atoms with Crippen molar-refractivity contribution < 1.29 is 9.59 Å². The molecule has 2 fully saturated rings. The lowest BCUT2D eigenvalue weighted by Gasteiger charge is -2.19.